The third kappa shape index (κ3) is 4.75. The summed E-state index contributed by atoms with van der Waals surface area (Å²) < 4.78 is 13.7. The van der Waals surface area contributed by atoms with E-state index in [1.54, 1.807) is 12.1 Å². The Bertz CT molecular complexity index is 381. The third-order valence-electron chi connectivity index (χ3n) is 4.10. The number of hydrogen-bond acceptors (Lipinski definition) is 0. The van der Waals surface area contributed by atoms with Crippen LogP contribution in [-0.4, -0.2) is 4.83 Å². The third-order valence-corrected chi connectivity index (χ3v) is 5.24. The normalized spacial score (nSPS) is 18.5. The summed E-state index contributed by atoms with van der Waals surface area (Å²) in [5.41, 5.74) is 0.648. The molecule has 0 bridgehead atoms. The summed E-state index contributed by atoms with van der Waals surface area (Å²) in [6, 6.07) is 4.91. The second-order valence-electron chi connectivity index (χ2n) is 5.58. The Kier molecular flexibility index (Phi) is 6.15. The van der Waals surface area contributed by atoms with Gasteiger partial charge in [-0.3, -0.25) is 0 Å². The molecule has 19 heavy (non-hydrogen) atoms. The first-order valence-corrected chi connectivity index (χ1v) is 8.53. The highest BCUT2D eigenvalue weighted by Crippen LogP contribution is 2.30. The van der Waals surface area contributed by atoms with E-state index in [2.05, 4.69) is 15.9 Å². The number of halogens is 3. The summed E-state index contributed by atoms with van der Waals surface area (Å²) in [4.78, 5) is 0.323. The first-order chi connectivity index (χ1) is 9.16. The van der Waals surface area contributed by atoms with Crippen LogP contribution in [0.3, 0.4) is 0 Å². The van der Waals surface area contributed by atoms with Crippen molar-refractivity contribution in [3.05, 3.63) is 34.6 Å². The molecule has 0 amide bonds. The Hall–Kier alpha value is -0.0800. The molecular weight excluding hydrogens is 327 g/mol. The van der Waals surface area contributed by atoms with Gasteiger partial charge in [-0.15, -0.1) is 0 Å². The SMILES string of the molecule is Fc1cccc(Cl)c1CC(Br)CCC1CCCCC1. The van der Waals surface area contributed by atoms with E-state index in [-0.39, 0.29) is 5.82 Å². The van der Waals surface area contributed by atoms with Gasteiger partial charge in [0, 0.05) is 15.4 Å². The van der Waals surface area contributed by atoms with Gasteiger partial charge in [0.1, 0.15) is 5.82 Å². The van der Waals surface area contributed by atoms with Crippen LogP contribution in [0.4, 0.5) is 4.39 Å². The molecule has 0 aliphatic heterocycles. The fourth-order valence-corrected chi connectivity index (χ4v) is 3.77. The average molecular weight is 348 g/mol. The maximum Gasteiger partial charge on any atom is 0.127 e. The standard InChI is InChI=1S/C16H21BrClF/c17-13(10-9-12-5-2-1-3-6-12)11-14-15(18)7-4-8-16(14)19/h4,7-8,12-13H,1-3,5-6,9-11H2. The molecule has 1 aliphatic rings. The predicted molar refractivity (Wildman–Crippen MR) is 83.6 cm³/mol. The van der Waals surface area contributed by atoms with E-state index in [9.17, 15) is 4.39 Å². The molecule has 106 valence electrons. The lowest BCUT2D eigenvalue weighted by Crippen LogP contribution is -2.11. The summed E-state index contributed by atoms with van der Waals surface area (Å²) in [5.74, 6) is 0.694. The van der Waals surface area contributed by atoms with E-state index in [0.717, 1.165) is 12.3 Å². The molecule has 1 aromatic rings. The van der Waals surface area contributed by atoms with E-state index >= 15 is 0 Å². The molecule has 1 aromatic carbocycles. The molecule has 0 N–H and O–H groups in total. The number of benzene rings is 1. The van der Waals surface area contributed by atoms with Crippen LogP contribution >= 0.6 is 27.5 Å². The topological polar surface area (TPSA) is 0 Å². The van der Waals surface area contributed by atoms with Crippen molar-refractivity contribution in [3.8, 4) is 0 Å². The summed E-state index contributed by atoms with van der Waals surface area (Å²) in [6.45, 7) is 0. The van der Waals surface area contributed by atoms with E-state index < -0.39 is 0 Å². The van der Waals surface area contributed by atoms with Crippen molar-refractivity contribution < 1.29 is 4.39 Å². The molecule has 3 heteroatoms. The fourth-order valence-electron chi connectivity index (χ4n) is 2.94. The Morgan fingerprint density at radius 1 is 1.26 bits per heavy atom. The molecule has 1 fully saturated rings. The summed E-state index contributed by atoms with van der Waals surface area (Å²) in [5, 5.41) is 0.544. The van der Waals surface area contributed by atoms with Crippen molar-refractivity contribution in [3.63, 3.8) is 0 Å². The molecule has 1 unspecified atom stereocenters. The minimum absolute atomic E-state index is 0.186. The van der Waals surface area contributed by atoms with Gasteiger partial charge in [0.2, 0.25) is 0 Å². The maximum atomic E-state index is 13.7. The lowest BCUT2D eigenvalue weighted by Gasteiger charge is -2.22. The average Bonchev–Trinajstić information content (AvgIpc) is 2.42. The second-order valence-corrected chi connectivity index (χ2v) is 7.29. The largest absolute Gasteiger partial charge is 0.207 e. The molecule has 0 nitrogen and oxygen atoms in total. The van der Waals surface area contributed by atoms with Gasteiger partial charge in [-0.25, -0.2) is 4.39 Å². The maximum absolute atomic E-state index is 13.7. The van der Waals surface area contributed by atoms with Crippen LogP contribution in [-0.2, 0) is 6.42 Å². The zero-order valence-electron chi connectivity index (χ0n) is 11.2. The number of alkyl halides is 1. The highest BCUT2D eigenvalue weighted by Gasteiger charge is 2.17. The van der Waals surface area contributed by atoms with Crippen LogP contribution in [0.5, 0.6) is 0 Å². The van der Waals surface area contributed by atoms with Crippen molar-refractivity contribution in [2.24, 2.45) is 5.92 Å². The van der Waals surface area contributed by atoms with Crippen molar-refractivity contribution in [1.82, 2.24) is 0 Å². The van der Waals surface area contributed by atoms with E-state index in [1.165, 1.54) is 44.6 Å². The van der Waals surface area contributed by atoms with Crippen LogP contribution in [0.2, 0.25) is 5.02 Å². The summed E-state index contributed by atoms with van der Waals surface area (Å²) in [6.07, 6.45) is 9.96. The van der Waals surface area contributed by atoms with Gasteiger partial charge >= 0.3 is 0 Å². The van der Waals surface area contributed by atoms with Gasteiger partial charge in [-0.2, -0.15) is 0 Å². The predicted octanol–water partition coefficient (Wildman–Crippen LogP) is 6.15. The summed E-state index contributed by atoms with van der Waals surface area (Å²) in [7, 11) is 0. The smallest absolute Gasteiger partial charge is 0.127 e. The molecular formula is C16H21BrClF. The molecule has 0 heterocycles. The lowest BCUT2D eigenvalue weighted by molar-refractivity contribution is 0.331. The van der Waals surface area contributed by atoms with Crippen molar-refractivity contribution >= 4 is 27.5 Å². The molecule has 0 radical (unpaired) electrons. The van der Waals surface area contributed by atoms with Gasteiger partial charge < -0.3 is 0 Å². The second kappa shape index (κ2) is 7.64. The van der Waals surface area contributed by atoms with E-state index in [1.807, 2.05) is 0 Å². The Labute approximate surface area is 128 Å². The minimum atomic E-state index is -0.186. The fraction of sp³-hybridized carbons (Fsp3) is 0.625. The van der Waals surface area contributed by atoms with Gasteiger partial charge in [0.15, 0.2) is 0 Å². The Morgan fingerprint density at radius 2 is 2.00 bits per heavy atom. The van der Waals surface area contributed by atoms with Gasteiger partial charge in [-0.1, -0.05) is 65.7 Å². The zero-order chi connectivity index (χ0) is 13.7. The van der Waals surface area contributed by atoms with Gasteiger partial charge in [0.05, 0.1) is 0 Å². The summed E-state index contributed by atoms with van der Waals surface area (Å²) >= 11 is 9.75. The van der Waals surface area contributed by atoms with Crippen molar-refractivity contribution in [2.45, 2.75) is 56.2 Å². The molecule has 1 saturated carbocycles. The minimum Gasteiger partial charge on any atom is -0.207 e. The Morgan fingerprint density at radius 3 is 2.68 bits per heavy atom. The van der Waals surface area contributed by atoms with Crippen LogP contribution in [0, 0.1) is 11.7 Å². The van der Waals surface area contributed by atoms with Crippen LogP contribution in [0.15, 0.2) is 18.2 Å². The van der Waals surface area contributed by atoms with Crippen LogP contribution in [0.25, 0.3) is 0 Å². The molecule has 0 aromatic heterocycles. The highest BCUT2D eigenvalue weighted by atomic mass is 79.9. The highest BCUT2D eigenvalue weighted by molar-refractivity contribution is 9.09. The molecule has 0 saturated heterocycles. The lowest BCUT2D eigenvalue weighted by atomic mass is 9.85. The monoisotopic (exact) mass is 346 g/mol. The Balaban J connectivity index is 1.82. The number of hydrogen-bond donors (Lipinski definition) is 0. The number of rotatable bonds is 5. The molecule has 1 atom stereocenters. The van der Waals surface area contributed by atoms with Crippen molar-refractivity contribution in [1.29, 1.82) is 0 Å². The molecule has 0 spiro atoms. The zero-order valence-corrected chi connectivity index (χ0v) is 13.5. The van der Waals surface area contributed by atoms with Gasteiger partial charge in [-0.05, 0) is 37.3 Å². The molecule has 2 rings (SSSR count). The quantitative estimate of drug-likeness (QED) is 0.561. The van der Waals surface area contributed by atoms with Crippen LogP contribution in [0.1, 0.15) is 50.5 Å². The first kappa shape index (κ1) is 15.3. The van der Waals surface area contributed by atoms with Gasteiger partial charge in [0.25, 0.3) is 0 Å². The van der Waals surface area contributed by atoms with E-state index in [0.29, 0.717) is 21.8 Å². The van der Waals surface area contributed by atoms with Crippen molar-refractivity contribution in [2.75, 3.05) is 0 Å². The van der Waals surface area contributed by atoms with Crippen LogP contribution < -0.4 is 0 Å². The van der Waals surface area contributed by atoms with E-state index in [4.69, 9.17) is 11.6 Å². The molecule has 1 aliphatic carbocycles. The first-order valence-electron chi connectivity index (χ1n) is 7.23.